The SMILES string of the molecule is CC[C@H](C)NC(=O)[C@H](Cc1ccccc1)N(Cc1ccccc1F)C(=O)CN(c1ccc(OC)c(OC)c1)S(C)(=O)=O. The van der Waals surface area contributed by atoms with Crippen LogP contribution in [0.3, 0.4) is 0 Å². The number of benzene rings is 3. The van der Waals surface area contributed by atoms with E-state index in [9.17, 15) is 22.4 Å². The standard InChI is InChI=1S/C31H38FN3O6S/c1-6-22(2)33-31(37)27(18-23-12-8-7-9-13-23)34(20-24-14-10-11-15-26(24)32)30(36)21-35(42(5,38)39)25-16-17-28(40-3)29(19-25)41-4/h7-17,19,22,27H,6,18,20-21H2,1-5H3,(H,33,37)/t22-,27-/m0/s1. The van der Waals surface area contributed by atoms with Gasteiger partial charge in [-0.2, -0.15) is 0 Å². The fourth-order valence-corrected chi connectivity index (χ4v) is 5.24. The Morgan fingerprint density at radius 3 is 2.19 bits per heavy atom. The molecule has 0 saturated carbocycles. The van der Waals surface area contributed by atoms with Crippen molar-refractivity contribution in [2.24, 2.45) is 0 Å². The van der Waals surface area contributed by atoms with E-state index < -0.39 is 40.2 Å². The number of carbonyl (C=O) groups is 2. The number of rotatable bonds is 14. The lowest BCUT2D eigenvalue weighted by atomic mass is 10.0. The zero-order valence-electron chi connectivity index (χ0n) is 24.5. The molecule has 0 unspecified atom stereocenters. The van der Waals surface area contributed by atoms with Crippen molar-refractivity contribution < 1.29 is 31.9 Å². The summed E-state index contributed by atoms with van der Waals surface area (Å²) in [4.78, 5) is 29.1. The van der Waals surface area contributed by atoms with Crippen molar-refractivity contribution in [2.45, 2.75) is 45.3 Å². The minimum atomic E-state index is -3.99. The number of hydrogen-bond donors (Lipinski definition) is 1. The predicted octanol–water partition coefficient (Wildman–Crippen LogP) is 4.16. The maximum absolute atomic E-state index is 14.9. The van der Waals surface area contributed by atoms with Crippen molar-refractivity contribution in [1.29, 1.82) is 0 Å². The Kier molecular flexibility index (Phi) is 11.3. The van der Waals surface area contributed by atoms with Crippen LogP contribution in [0.5, 0.6) is 11.5 Å². The van der Waals surface area contributed by atoms with Crippen LogP contribution in [0.4, 0.5) is 10.1 Å². The fourth-order valence-electron chi connectivity index (χ4n) is 4.40. The Bertz CT molecular complexity index is 1470. The van der Waals surface area contributed by atoms with Crippen LogP contribution in [-0.2, 0) is 32.6 Å². The Balaban J connectivity index is 2.09. The van der Waals surface area contributed by atoms with E-state index >= 15 is 0 Å². The minimum absolute atomic E-state index is 0.137. The summed E-state index contributed by atoms with van der Waals surface area (Å²) in [6.07, 6.45) is 1.78. The van der Waals surface area contributed by atoms with Crippen LogP contribution in [-0.4, -0.2) is 64.2 Å². The summed E-state index contributed by atoms with van der Waals surface area (Å²) < 4.78 is 52.3. The van der Waals surface area contributed by atoms with Crippen LogP contribution in [0, 0.1) is 5.82 Å². The second kappa shape index (κ2) is 14.7. The average molecular weight is 600 g/mol. The Hall–Kier alpha value is -4.12. The summed E-state index contributed by atoms with van der Waals surface area (Å²) in [7, 11) is -1.12. The van der Waals surface area contributed by atoms with Crippen LogP contribution >= 0.6 is 0 Å². The van der Waals surface area contributed by atoms with Crippen LogP contribution in [0.25, 0.3) is 0 Å². The van der Waals surface area contributed by atoms with Gasteiger partial charge in [-0.15, -0.1) is 0 Å². The molecule has 0 spiro atoms. The van der Waals surface area contributed by atoms with Crippen molar-refractivity contribution in [3.63, 3.8) is 0 Å². The zero-order valence-corrected chi connectivity index (χ0v) is 25.4. The first-order valence-corrected chi connectivity index (χ1v) is 15.4. The van der Waals surface area contributed by atoms with E-state index in [0.717, 1.165) is 16.1 Å². The number of sulfonamides is 1. The average Bonchev–Trinajstić information content (AvgIpc) is 2.97. The molecule has 0 fully saturated rings. The van der Waals surface area contributed by atoms with Crippen LogP contribution in [0.1, 0.15) is 31.4 Å². The molecular formula is C31H38FN3O6S. The molecule has 0 radical (unpaired) electrons. The van der Waals surface area contributed by atoms with Crippen molar-refractivity contribution in [3.8, 4) is 11.5 Å². The normalized spacial score (nSPS) is 12.6. The molecule has 0 aliphatic rings. The molecule has 2 amide bonds. The lowest BCUT2D eigenvalue weighted by Crippen LogP contribution is -2.54. The van der Waals surface area contributed by atoms with Crippen LogP contribution in [0.15, 0.2) is 72.8 Å². The van der Waals surface area contributed by atoms with E-state index in [-0.39, 0.29) is 36.0 Å². The quantitative estimate of drug-likeness (QED) is 0.298. The van der Waals surface area contributed by atoms with Gasteiger partial charge >= 0.3 is 0 Å². The number of halogens is 1. The van der Waals surface area contributed by atoms with Crippen LogP contribution < -0.4 is 19.1 Å². The molecule has 42 heavy (non-hydrogen) atoms. The maximum atomic E-state index is 14.9. The van der Waals surface area contributed by atoms with Gasteiger partial charge in [0.1, 0.15) is 18.4 Å². The van der Waals surface area contributed by atoms with Crippen molar-refractivity contribution >= 4 is 27.5 Å². The summed E-state index contributed by atoms with van der Waals surface area (Å²) in [5.74, 6) is -0.995. The summed E-state index contributed by atoms with van der Waals surface area (Å²) in [6.45, 7) is 2.89. The molecule has 0 bridgehead atoms. The van der Waals surface area contributed by atoms with E-state index in [2.05, 4.69) is 5.32 Å². The lowest BCUT2D eigenvalue weighted by Gasteiger charge is -2.34. The van der Waals surface area contributed by atoms with E-state index in [4.69, 9.17) is 9.47 Å². The fraction of sp³-hybridized carbons (Fsp3) is 0.355. The first kappa shape index (κ1) is 32.4. The highest BCUT2D eigenvalue weighted by Crippen LogP contribution is 2.32. The largest absolute Gasteiger partial charge is 0.493 e. The van der Waals surface area contributed by atoms with E-state index in [1.807, 2.05) is 44.2 Å². The molecule has 11 heteroatoms. The third-order valence-electron chi connectivity index (χ3n) is 6.90. The third-order valence-corrected chi connectivity index (χ3v) is 8.05. The molecule has 2 atom stereocenters. The number of nitrogens with one attached hydrogen (secondary N) is 1. The van der Waals surface area contributed by atoms with Gasteiger partial charge in [0.15, 0.2) is 11.5 Å². The molecule has 3 aromatic carbocycles. The highest BCUT2D eigenvalue weighted by molar-refractivity contribution is 7.92. The highest BCUT2D eigenvalue weighted by Gasteiger charge is 2.34. The number of amides is 2. The number of anilines is 1. The molecule has 0 aliphatic carbocycles. The molecule has 226 valence electrons. The molecule has 3 aromatic rings. The molecular weight excluding hydrogens is 561 g/mol. The third kappa shape index (κ3) is 8.45. The monoisotopic (exact) mass is 599 g/mol. The van der Waals surface area contributed by atoms with Gasteiger partial charge in [-0.05, 0) is 37.1 Å². The van der Waals surface area contributed by atoms with E-state index in [1.165, 1.54) is 55.5 Å². The Morgan fingerprint density at radius 1 is 0.952 bits per heavy atom. The Labute approximate surface area is 247 Å². The molecule has 0 heterocycles. The number of methoxy groups -OCH3 is 2. The second-order valence-corrected chi connectivity index (χ2v) is 11.9. The van der Waals surface area contributed by atoms with Gasteiger partial charge in [0.25, 0.3) is 0 Å². The van der Waals surface area contributed by atoms with Gasteiger partial charge < -0.3 is 19.7 Å². The van der Waals surface area contributed by atoms with E-state index in [0.29, 0.717) is 12.2 Å². The van der Waals surface area contributed by atoms with Crippen LogP contribution in [0.2, 0.25) is 0 Å². The van der Waals surface area contributed by atoms with Crippen molar-refractivity contribution in [3.05, 3.63) is 89.7 Å². The smallest absolute Gasteiger partial charge is 0.244 e. The van der Waals surface area contributed by atoms with Gasteiger partial charge in [0.05, 0.1) is 26.2 Å². The van der Waals surface area contributed by atoms with Gasteiger partial charge in [0.2, 0.25) is 21.8 Å². The molecule has 0 aliphatic heterocycles. The van der Waals surface area contributed by atoms with Gasteiger partial charge in [-0.3, -0.25) is 13.9 Å². The van der Waals surface area contributed by atoms with Gasteiger partial charge in [0, 0.05) is 30.6 Å². The highest BCUT2D eigenvalue weighted by atomic mass is 32.2. The zero-order chi connectivity index (χ0) is 30.9. The second-order valence-electron chi connectivity index (χ2n) is 9.95. The lowest BCUT2D eigenvalue weighted by molar-refractivity contribution is -0.140. The topological polar surface area (TPSA) is 105 Å². The summed E-state index contributed by atoms with van der Waals surface area (Å²) in [5.41, 5.74) is 1.14. The molecule has 1 N–H and O–H groups in total. The molecule has 0 aromatic heterocycles. The Morgan fingerprint density at radius 2 is 1.60 bits per heavy atom. The minimum Gasteiger partial charge on any atom is -0.493 e. The molecule has 9 nitrogen and oxygen atoms in total. The molecule has 0 saturated heterocycles. The van der Waals surface area contributed by atoms with E-state index in [1.54, 1.807) is 6.07 Å². The maximum Gasteiger partial charge on any atom is 0.244 e. The number of hydrogen-bond acceptors (Lipinski definition) is 6. The van der Waals surface area contributed by atoms with Gasteiger partial charge in [-0.1, -0.05) is 55.5 Å². The number of carbonyl (C=O) groups excluding carboxylic acids is 2. The summed E-state index contributed by atoms with van der Waals surface area (Å²) in [5, 5.41) is 2.94. The first-order valence-electron chi connectivity index (χ1n) is 13.5. The van der Waals surface area contributed by atoms with Crippen molar-refractivity contribution in [2.75, 3.05) is 31.3 Å². The summed E-state index contributed by atoms with van der Waals surface area (Å²) >= 11 is 0. The number of nitrogens with zero attached hydrogens (tertiary/aromatic N) is 2. The first-order chi connectivity index (χ1) is 20.0. The van der Waals surface area contributed by atoms with Gasteiger partial charge in [-0.25, -0.2) is 12.8 Å². The predicted molar refractivity (Wildman–Crippen MR) is 161 cm³/mol. The summed E-state index contributed by atoms with van der Waals surface area (Å²) in [6, 6.07) is 18.4. The number of ether oxygens (including phenoxy) is 2. The molecule has 3 rings (SSSR count). The van der Waals surface area contributed by atoms with Crippen molar-refractivity contribution in [1.82, 2.24) is 10.2 Å².